The van der Waals surface area contributed by atoms with Crippen molar-refractivity contribution in [2.45, 2.75) is 71.1 Å². The first-order valence-electron chi connectivity index (χ1n) is 11.1. The van der Waals surface area contributed by atoms with Gasteiger partial charge in [-0.3, -0.25) is 5.01 Å². The second-order valence-corrected chi connectivity index (χ2v) is 9.04. The lowest BCUT2D eigenvalue weighted by molar-refractivity contribution is -0.221. The summed E-state index contributed by atoms with van der Waals surface area (Å²) in [4.78, 5) is 0. The van der Waals surface area contributed by atoms with Gasteiger partial charge in [0.15, 0.2) is 11.9 Å². The van der Waals surface area contributed by atoms with Crippen molar-refractivity contribution in [3.8, 4) is 11.8 Å². The molecule has 2 N–H and O–H groups in total. The molecule has 176 valence electrons. The van der Waals surface area contributed by atoms with Crippen LogP contribution in [-0.2, 0) is 9.47 Å². The molecule has 0 radical (unpaired) electrons. The molecule has 0 bridgehead atoms. The van der Waals surface area contributed by atoms with Gasteiger partial charge in [0.05, 0.1) is 17.0 Å². The third kappa shape index (κ3) is 3.90. The molecule has 1 unspecified atom stereocenters. The van der Waals surface area contributed by atoms with Gasteiger partial charge in [-0.05, 0) is 51.8 Å². The summed E-state index contributed by atoms with van der Waals surface area (Å²) in [6, 6.07) is 7.09. The van der Waals surface area contributed by atoms with Crippen molar-refractivity contribution in [2.24, 2.45) is 11.3 Å². The highest BCUT2D eigenvalue weighted by molar-refractivity contribution is 5.58. The van der Waals surface area contributed by atoms with Gasteiger partial charge in [-0.2, -0.15) is 13.2 Å². The van der Waals surface area contributed by atoms with Crippen molar-refractivity contribution in [1.82, 2.24) is 0 Å². The first-order chi connectivity index (χ1) is 15.5. The number of hydrogen-bond acceptors (Lipinski definition) is 4. The number of hydrogen-bond donors (Lipinski definition) is 1. The largest absolute Gasteiger partial charge is 0.414 e. The molecule has 0 aromatic heterocycles. The lowest BCUT2D eigenvalue weighted by atomic mass is 9.71. The fourth-order valence-electron chi connectivity index (χ4n) is 5.12. The van der Waals surface area contributed by atoms with E-state index in [1.165, 1.54) is 0 Å². The molecule has 7 heteroatoms. The predicted molar refractivity (Wildman–Crippen MR) is 122 cm³/mol. The minimum Gasteiger partial charge on any atom is -0.338 e. The van der Waals surface area contributed by atoms with Crippen LogP contribution in [-0.4, -0.2) is 24.2 Å². The Kier molecular flexibility index (Phi) is 5.98. The number of anilines is 1. The zero-order valence-electron chi connectivity index (χ0n) is 19.3. The molecule has 1 spiro atoms. The van der Waals surface area contributed by atoms with Crippen molar-refractivity contribution >= 4 is 5.69 Å². The topological polar surface area (TPSA) is 47.7 Å². The van der Waals surface area contributed by atoms with Gasteiger partial charge in [-0.25, -0.2) is 5.84 Å². The number of nitrogens with zero attached hydrogens (tertiary/aromatic N) is 1. The Hall–Kier alpha value is -2.53. The molecule has 1 aromatic rings. The molecule has 3 aliphatic rings. The smallest absolute Gasteiger partial charge is 0.338 e. The molecule has 1 aliphatic heterocycles. The first-order valence-corrected chi connectivity index (χ1v) is 11.1. The Balaban J connectivity index is 1.76. The van der Waals surface area contributed by atoms with Crippen LogP contribution in [0.5, 0.6) is 0 Å². The van der Waals surface area contributed by atoms with Crippen LogP contribution < -0.4 is 10.9 Å². The second kappa shape index (κ2) is 8.35. The molecule has 1 heterocycles. The second-order valence-electron chi connectivity index (χ2n) is 9.04. The monoisotopic (exact) mass is 458 g/mol. The quantitative estimate of drug-likeness (QED) is 0.273. The van der Waals surface area contributed by atoms with Gasteiger partial charge >= 0.3 is 6.18 Å². The Bertz CT molecular complexity index is 1080. The van der Waals surface area contributed by atoms with Crippen molar-refractivity contribution in [3.63, 3.8) is 0 Å². The highest BCUT2D eigenvalue weighted by atomic mass is 19.4. The van der Waals surface area contributed by atoms with Gasteiger partial charge in [0.2, 0.25) is 0 Å². The van der Waals surface area contributed by atoms with E-state index in [1.807, 2.05) is 38.1 Å². The third-order valence-corrected chi connectivity index (χ3v) is 6.95. The standard InChI is InChI=1S/C26H29F3N2O2/c1-5-7-22-23(8-6-2)33-25(32-22)14-13-18-15-21(20(26(27,28)29)16-24(18,25)4)31(30)19-11-9-17(3)10-12-19/h5,7,9-12,15,22-23H,13-14,16,30H2,1-4H3/b7-5+/t22-,23-,24+,25?/m1/s1. The van der Waals surface area contributed by atoms with E-state index in [-0.39, 0.29) is 12.1 Å². The summed E-state index contributed by atoms with van der Waals surface area (Å²) >= 11 is 0. The minimum atomic E-state index is -4.56. The molecule has 4 atom stereocenters. The average Bonchev–Trinajstić information content (AvgIpc) is 3.24. The van der Waals surface area contributed by atoms with E-state index in [1.54, 1.807) is 32.1 Å². The number of hydrazine groups is 1. The van der Waals surface area contributed by atoms with Gasteiger partial charge in [-0.1, -0.05) is 48.3 Å². The lowest BCUT2D eigenvalue weighted by Gasteiger charge is -2.44. The van der Waals surface area contributed by atoms with Crippen LogP contribution in [0.3, 0.4) is 0 Å². The summed E-state index contributed by atoms with van der Waals surface area (Å²) in [6.07, 6.45) is 0.486. The molecule has 2 fully saturated rings. The van der Waals surface area contributed by atoms with Crippen LogP contribution in [0, 0.1) is 24.2 Å². The average molecular weight is 459 g/mol. The number of fused-ring (bicyclic) bond motifs is 2. The summed E-state index contributed by atoms with van der Waals surface area (Å²) in [5.41, 5.74) is 0.629. The molecule has 33 heavy (non-hydrogen) atoms. The number of ether oxygens (including phenoxy) is 2. The fourth-order valence-corrected chi connectivity index (χ4v) is 5.12. The fraction of sp³-hybridized carbons (Fsp3) is 0.462. The summed E-state index contributed by atoms with van der Waals surface area (Å²) in [6.45, 7) is 7.29. The van der Waals surface area contributed by atoms with E-state index in [2.05, 4.69) is 11.8 Å². The van der Waals surface area contributed by atoms with Gasteiger partial charge in [0.1, 0.15) is 6.10 Å². The minimum absolute atomic E-state index is 0.0382. The number of benzene rings is 1. The van der Waals surface area contributed by atoms with E-state index in [4.69, 9.17) is 15.3 Å². The maximum absolute atomic E-state index is 14.3. The number of halogens is 3. The van der Waals surface area contributed by atoms with E-state index >= 15 is 0 Å². The summed E-state index contributed by atoms with van der Waals surface area (Å²) in [5, 5.41) is 1.13. The highest BCUT2D eigenvalue weighted by Crippen LogP contribution is 2.62. The lowest BCUT2D eigenvalue weighted by Crippen LogP contribution is -2.48. The molecular formula is C26H29F3N2O2. The molecule has 1 saturated heterocycles. The Morgan fingerprint density at radius 1 is 1.21 bits per heavy atom. The Labute approximate surface area is 192 Å². The molecular weight excluding hydrogens is 429 g/mol. The maximum atomic E-state index is 14.3. The molecule has 1 saturated carbocycles. The van der Waals surface area contributed by atoms with Crippen molar-refractivity contribution in [1.29, 1.82) is 0 Å². The zero-order chi connectivity index (χ0) is 24.0. The van der Waals surface area contributed by atoms with E-state index in [0.29, 0.717) is 18.5 Å². The number of aryl methyl sites for hydroxylation is 1. The molecule has 2 aliphatic carbocycles. The first kappa shape index (κ1) is 23.6. The van der Waals surface area contributed by atoms with E-state index in [9.17, 15) is 13.2 Å². The maximum Gasteiger partial charge on any atom is 0.414 e. The summed E-state index contributed by atoms with van der Waals surface area (Å²) in [5.74, 6) is 10.9. The normalized spacial score (nSPS) is 31.6. The summed E-state index contributed by atoms with van der Waals surface area (Å²) < 4.78 is 55.7. The third-order valence-electron chi connectivity index (χ3n) is 6.95. The zero-order valence-corrected chi connectivity index (χ0v) is 19.3. The van der Waals surface area contributed by atoms with Crippen molar-refractivity contribution < 1.29 is 22.6 Å². The number of allylic oxidation sites excluding steroid dienone is 3. The van der Waals surface area contributed by atoms with Crippen LogP contribution in [0.1, 0.15) is 45.6 Å². The van der Waals surface area contributed by atoms with Gasteiger partial charge in [0.25, 0.3) is 0 Å². The van der Waals surface area contributed by atoms with Gasteiger partial charge in [-0.15, -0.1) is 5.92 Å². The van der Waals surface area contributed by atoms with Crippen molar-refractivity contribution in [2.75, 3.05) is 5.01 Å². The van der Waals surface area contributed by atoms with Crippen LogP contribution in [0.4, 0.5) is 18.9 Å². The van der Waals surface area contributed by atoms with Crippen LogP contribution in [0.15, 0.2) is 59.3 Å². The molecule has 1 aromatic carbocycles. The summed E-state index contributed by atoms with van der Waals surface area (Å²) in [7, 11) is 0. The number of nitrogens with two attached hydrogens (primary N) is 1. The van der Waals surface area contributed by atoms with Crippen LogP contribution >= 0.6 is 0 Å². The molecule has 0 amide bonds. The number of alkyl halides is 3. The number of rotatable bonds is 3. The van der Waals surface area contributed by atoms with Crippen molar-refractivity contribution in [3.05, 3.63) is 64.9 Å². The Morgan fingerprint density at radius 3 is 2.52 bits per heavy atom. The predicted octanol–water partition coefficient (Wildman–Crippen LogP) is 5.70. The molecule has 4 rings (SSSR count). The van der Waals surface area contributed by atoms with Crippen LogP contribution in [0.2, 0.25) is 0 Å². The Morgan fingerprint density at radius 2 is 1.91 bits per heavy atom. The van der Waals surface area contributed by atoms with E-state index < -0.39 is 35.2 Å². The van der Waals surface area contributed by atoms with E-state index in [0.717, 1.165) is 16.1 Å². The highest BCUT2D eigenvalue weighted by Gasteiger charge is 2.65. The van der Waals surface area contributed by atoms with Crippen LogP contribution in [0.25, 0.3) is 0 Å². The molecule has 4 nitrogen and oxygen atoms in total. The van der Waals surface area contributed by atoms with Gasteiger partial charge < -0.3 is 9.47 Å². The SMILES string of the molecule is CC#C[C@H]1OC2(CCC3=CC(N(N)c4ccc(C)cc4)=C(C(F)(F)F)C[C@@]32C)O[C@@H]1/C=C/C. The van der Waals surface area contributed by atoms with Gasteiger partial charge in [0, 0.05) is 11.8 Å².